The molecule has 3 atom stereocenters. The Labute approximate surface area is 83.3 Å². The van der Waals surface area contributed by atoms with E-state index in [0.29, 0.717) is 18.0 Å². The summed E-state index contributed by atoms with van der Waals surface area (Å²) >= 11 is 0. The van der Waals surface area contributed by atoms with Crippen molar-refractivity contribution in [3.63, 3.8) is 0 Å². The molecule has 0 aromatic carbocycles. The topological polar surface area (TPSA) is 39.0 Å². The van der Waals surface area contributed by atoms with E-state index in [1.807, 2.05) is 6.07 Å². The van der Waals surface area contributed by atoms with E-state index < -0.39 is 0 Å². The Morgan fingerprint density at radius 1 is 1.43 bits per heavy atom. The number of nitrogens with one attached hydrogen (secondary N) is 1. The second-order valence-electron chi connectivity index (χ2n) is 4.39. The van der Waals surface area contributed by atoms with Crippen LogP contribution in [0.25, 0.3) is 0 Å². The number of fused-ring (bicyclic) bond motifs is 2. The highest BCUT2D eigenvalue weighted by Crippen LogP contribution is 2.39. The molecule has 3 rings (SSSR count). The van der Waals surface area contributed by atoms with Crippen molar-refractivity contribution in [3.8, 4) is 0 Å². The van der Waals surface area contributed by atoms with E-state index in [1.54, 1.807) is 12.4 Å². The van der Waals surface area contributed by atoms with Gasteiger partial charge in [-0.3, -0.25) is 0 Å². The summed E-state index contributed by atoms with van der Waals surface area (Å²) in [5.41, 5.74) is 1.20. The summed E-state index contributed by atoms with van der Waals surface area (Å²) in [6.07, 6.45) is 7.04. The van der Waals surface area contributed by atoms with Crippen molar-refractivity contribution < 1.29 is 4.73 Å². The van der Waals surface area contributed by atoms with Crippen LogP contribution in [0.1, 0.15) is 30.7 Å². The lowest BCUT2D eigenvalue weighted by atomic mass is 9.85. The van der Waals surface area contributed by atoms with Crippen molar-refractivity contribution in [2.45, 2.75) is 37.3 Å². The van der Waals surface area contributed by atoms with Crippen molar-refractivity contribution in [3.05, 3.63) is 35.3 Å². The summed E-state index contributed by atoms with van der Waals surface area (Å²) in [6, 6.07) is 5.23. The molecule has 2 saturated heterocycles. The molecule has 0 radical (unpaired) electrons. The average Bonchev–Trinajstić information content (AvgIpc) is 2.78. The van der Waals surface area contributed by atoms with E-state index in [-0.39, 0.29) is 0 Å². The van der Waals surface area contributed by atoms with Crippen LogP contribution in [0, 0.1) is 5.21 Å². The molecule has 2 fully saturated rings. The zero-order chi connectivity index (χ0) is 9.54. The van der Waals surface area contributed by atoms with Crippen LogP contribution >= 0.6 is 0 Å². The standard InChI is InChI=1S/C11H14N2O/c14-13-5-1-2-8(7-13)10-6-9-3-4-11(10)12-9/h1-2,5,7,9-12H,3-4,6H2/t9-,10+,11+/m1/s1. The summed E-state index contributed by atoms with van der Waals surface area (Å²) in [7, 11) is 0. The molecule has 14 heavy (non-hydrogen) atoms. The van der Waals surface area contributed by atoms with Crippen LogP contribution in [0.15, 0.2) is 24.5 Å². The SMILES string of the molecule is [O-][n+]1cccc([C@@H]2C[C@H]3CC[C@@H]2N3)c1. The molecule has 2 bridgehead atoms. The van der Waals surface area contributed by atoms with E-state index in [2.05, 4.69) is 11.4 Å². The minimum absolute atomic E-state index is 0.565. The molecule has 3 heterocycles. The fraction of sp³-hybridized carbons (Fsp3) is 0.545. The molecule has 0 spiro atoms. The summed E-state index contributed by atoms with van der Waals surface area (Å²) in [6.45, 7) is 0. The van der Waals surface area contributed by atoms with Gasteiger partial charge < -0.3 is 10.5 Å². The Bertz CT molecular complexity index is 353. The third kappa shape index (κ3) is 1.20. The van der Waals surface area contributed by atoms with Gasteiger partial charge in [-0.1, -0.05) is 0 Å². The predicted molar refractivity (Wildman–Crippen MR) is 52.7 cm³/mol. The Kier molecular flexibility index (Phi) is 1.74. The van der Waals surface area contributed by atoms with Gasteiger partial charge in [-0.25, -0.2) is 0 Å². The molecule has 0 saturated carbocycles. The first-order valence-corrected chi connectivity index (χ1v) is 5.28. The second kappa shape index (κ2) is 2.95. The number of nitrogens with zero attached hydrogens (tertiary/aromatic N) is 1. The van der Waals surface area contributed by atoms with Gasteiger partial charge in [0.1, 0.15) is 0 Å². The van der Waals surface area contributed by atoms with Gasteiger partial charge >= 0.3 is 0 Å². The highest BCUT2D eigenvalue weighted by molar-refractivity contribution is 5.20. The lowest BCUT2D eigenvalue weighted by Gasteiger charge is -2.19. The van der Waals surface area contributed by atoms with Crippen molar-refractivity contribution in [2.24, 2.45) is 0 Å². The zero-order valence-electron chi connectivity index (χ0n) is 8.02. The molecule has 3 heteroatoms. The van der Waals surface area contributed by atoms with Gasteiger partial charge in [-0.2, -0.15) is 4.73 Å². The molecule has 1 aromatic rings. The molecule has 0 amide bonds. The maximum Gasteiger partial charge on any atom is 0.183 e. The Morgan fingerprint density at radius 2 is 2.36 bits per heavy atom. The van der Waals surface area contributed by atoms with Crippen LogP contribution in [0.5, 0.6) is 0 Å². The van der Waals surface area contributed by atoms with Crippen molar-refractivity contribution >= 4 is 0 Å². The molecule has 2 aliphatic heterocycles. The lowest BCUT2D eigenvalue weighted by molar-refractivity contribution is -0.606. The number of aromatic nitrogens is 1. The first kappa shape index (κ1) is 8.24. The maximum absolute atomic E-state index is 11.1. The first-order chi connectivity index (χ1) is 6.83. The summed E-state index contributed by atoms with van der Waals surface area (Å²) in [5, 5.41) is 14.7. The average molecular weight is 190 g/mol. The van der Waals surface area contributed by atoms with E-state index in [0.717, 1.165) is 4.73 Å². The van der Waals surface area contributed by atoms with Gasteiger partial charge in [0.25, 0.3) is 0 Å². The summed E-state index contributed by atoms with van der Waals surface area (Å²) in [4.78, 5) is 0. The van der Waals surface area contributed by atoms with Crippen LogP contribution in [-0.2, 0) is 0 Å². The number of rotatable bonds is 1. The van der Waals surface area contributed by atoms with E-state index in [1.165, 1.54) is 24.8 Å². The molecule has 1 N–H and O–H groups in total. The minimum atomic E-state index is 0.565. The van der Waals surface area contributed by atoms with Crippen molar-refractivity contribution in [2.75, 3.05) is 0 Å². The molecule has 0 aliphatic carbocycles. The molecular weight excluding hydrogens is 176 g/mol. The molecule has 1 aromatic heterocycles. The molecular formula is C11H14N2O. The van der Waals surface area contributed by atoms with E-state index >= 15 is 0 Å². The Morgan fingerprint density at radius 3 is 3.00 bits per heavy atom. The van der Waals surface area contributed by atoms with Gasteiger partial charge in [0.15, 0.2) is 12.4 Å². The fourth-order valence-electron chi connectivity index (χ4n) is 2.88. The quantitative estimate of drug-likeness (QED) is 0.528. The van der Waals surface area contributed by atoms with Gasteiger partial charge in [0, 0.05) is 29.6 Å². The maximum atomic E-state index is 11.1. The largest absolute Gasteiger partial charge is 0.619 e. The number of pyridine rings is 1. The number of hydrogen-bond acceptors (Lipinski definition) is 2. The summed E-state index contributed by atoms with van der Waals surface area (Å²) in [5.74, 6) is 0.565. The van der Waals surface area contributed by atoms with Crippen molar-refractivity contribution in [1.82, 2.24) is 5.32 Å². The predicted octanol–water partition coefficient (Wildman–Crippen LogP) is 0.928. The Hall–Kier alpha value is -1.09. The molecule has 0 unspecified atom stereocenters. The highest BCUT2D eigenvalue weighted by Gasteiger charge is 2.40. The van der Waals surface area contributed by atoms with Crippen LogP contribution in [-0.4, -0.2) is 12.1 Å². The van der Waals surface area contributed by atoms with Gasteiger partial charge in [0.05, 0.1) is 0 Å². The van der Waals surface area contributed by atoms with Crippen LogP contribution in [0.4, 0.5) is 0 Å². The zero-order valence-corrected chi connectivity index (χ0v) is 8.02. The fourth-order valence-corrected chi connectivity index (χ4v) is 2.88. The van der Waals surface area contributed by atoms with Gasteiger partial charge in [0.2, 0.25) is 0 Å². The number of hydrogen-bond donors (Lipinski definition) is 1. The van der Waals surface area contributed by atoms with Crippen molar-refractivity contribution in [1.29, 1.82) is 0 Å². The van der Waals surface area contributed by atoms with Crippen LogP contribution < -0.4 is 10.0 Å². The van der Waals surface area contributed by atoms with E-state index in [9.17, 15) is 5.21 Å². The van der Waals surface area contributed by atoms with E-state index in [4.69, 9.17) is 0 Å². The van der Waals surface area contributed by atoms with Gasteiger partial charge in [-0.05, 0) is 25.3 Å². The molecule has 3 nitrogen and oxygen atoms in total. The minimum Gasteiger partial charge on any atom is -0.619 e. The molecule has 74 valence electrons. The third-order valence-electron chi connectivity index (χ3n) is 3.53. The lowest BCUT2D eigenvalue weighted by Crippen LogP contribution is -2.28. The third-order valence-corrected chi connectivity index (χ3v) is 3.53. The smallest absolute Gasteiger partial charge is 0.183 e. The second-order valence-corrected chi connectivity index (χ2v) is 4.39. The monoisotopic (exact) mass is 190 g/mol. The Balaban J connectivity index is 1.89. The normalized spacial score (nSPS) is 35.0. The highest BCUT2D eigenvalue weighted by atomic mass is 16.5. The van der Waals surface area contributed by atoms with Crippen LogP contribution in [0.2, 0.25) is 0 Å². The first-order valence-electron chi connectivity index (χ1n) is 5.28. The van der Waals surface area contributed by atoms with Crippen LogP contribution in [0.3, 0.4) is 0 Å². The molecule has 2 aliphatic rings. The van der Waals surface area contributed by atoms with Gasteiger partial charge in [-0.15, -0.1) is 0 Å². The summed E-state index contributed by atoms with van der Waals surface area (Å²) < 4.78 is 0.904.